The van der Waals surface area contributed by atoms with Gasteiger partial charge in [-0.3, -0.25) is 9.59 Å². The lowest BCUT2D eigenvalue weighted by Crippen LogP contribution is -2.34. The van der Waals surface area contributed by atoms with Crippen LogP contribution in [0.15, 0.2) is 35.6 Å². The summed E-state index contributed by atoms with van der Waals surface area (Å²) in [6.07, 6.45) is 0. The zero-order valence-electron chi connectivity index (χ0n) is 15.2. The molecule has 2 heterocycles. The summed E-state index contributed by atoms with van der Waals surface area (Å²) in [4.78, 5) is 31.8. The van der Waals surface area contributed by atoms with E-state index in [0.29, 0.717) is 16.1 Å². The van der Waals surface area contributed by atoms with Gasteiger partial charge in [0.1, 0.15) is 5.82 Å². The lowest BCUT2D eigenvalue weighted by Gasteiger charge is -2.26. The second-order valence-electron chi connectivity index (χ2n) is 6.18. The number of aliphatic hydroxyl groups is 1. The third-order valence-corrected chi connectivity index (χ3v) is 5.45. The number of ketones is 1. The molecule has 6 nitrogen and oxygen atoms in total. The Labute approximate surface area is 159 Å². The van der Waals surface area contributed by atoms with E-state index in [1.54, 1.807) is 13.8 Å². The lowest BCUT2D eigenvalue weighted by molar-refractivity contribution is -0.130. The Kier molecular flexibility index (Phi) is 5.38. The van der Waals surface area contributed by atoms with Crippen LogP contribution < -0.4 is 0 Å². The molecule has 142 valence electrons. The number of hydrogen-bond acceptors (Lipinski definition) is 6. The van der Waals surface area contributed by atoms with Crippen molar-refractivity contribution >= 4 is 23.0 Å². The van der Waals surface area contributed by atoms with Gasteiger partial charge in [-0.25, -0.2) is 9.37 Å². The number of Topliss-reactive ketones (excluding diaryl/α,β-unsaturated/α-hetero) is 1. The van der Waals surface area contributed by atoms with Crippen molar-refractivity contribution in [3.05, 3.63) is 62.6 Å². The maximum atomic E-state index is 13.4. The van der Waals surface area contributed by atoms with Crippen molar-refractivity contribution in [2.45, 2.75) is 19.9 Å². The first-order valence-electron chi connectivity index (χ1n) is 8.32. The Morgan fingerprint density at radius 2 is 2.00 bits per heavy atom. The zero-order valence-corrected chi connectivity index (χ0v) is 16.0. The van der Waals surface area contributed by atoms with Crippen molar-refractivity contribution in [1.82, 2.24) is 9.88 Å². The van der Waals surface area contributed by atoms with E-state index in [4.69, 9.17) is 4.74 Å². The molecule has 0 radical (unpaired) electrons. The van der Waals surface area contributed by atoms with Crippen LogP contribution in [0.4, 0.5) is 4.39 Å². The molecule has 1 aromatic heterocycles. The molecule has 0 saturated carbocycles. The van der Waals surface area contributed by atoms with Crippen molar-refractivity contribution in [3.63, 3.8) is 0 Å². The molecule has 2 aromatic rings. The van der Waals surface area contributed by atoms with Crippen LogP contribution in [0.2, 0.25) is 0 Å². The summed E-state index contributed by atoms with van der Waals surface area (Å²) in [5.41, 5.74) is 1.06. The zero-order chi connectivity index (χ0) is 19.7. The van der Waals surface area contributed by atoms with Gasteiger partial charge in [0.05, 0.1) is 33.8 Å². The topological polar surface area (TPSA) is 79.7 Å². The van der Waals surface area contributed by atoms with Crippen LogP contribution in [-0.2, 0) is 9.53 Å². The summed E-state index contributed by atoms with van der Waals surface area (Å²) in [6, 6.07) is 4.71. The van der Waals surface area contributed by atoms with Crippen molar-refractivity contribution in [3.8, 4) is 0 Å². The quantitative estimate of drug-likeness (QED) is 0.767. The summed E-state index contributed by atoms with van der Waals surface area (Å²) in [5, 5.41) is 11.2. The Morgan fingerprint density at radius 1 is 1.33 bits per heavy atom. The number of thiazole rings is 1. The van der Waals surface area contributed by atoms with E-state index in [1.807, 2.05) is 0 Å². The molecule has 8 heteroatoms. The maximum Gasteiger partial charge on any atom is 0.290 e. The van der Waals surface area contributed by atoms with Gasteiger partial charge in [-0.05, 0) is 31.5 Å². The van der Waals surface area contributed by atoms with Crippen molar-refractivity contribution < 1.29 is 23.8 Å². The molecule has 0 saturated heterocycles. The number of carbonyl (C=O) groups excluding carboxylic acids is 2. The van der Waals surface area contributed by atoms with Crippen LogP contribution in [0.5, 0.6) is 0 Å². The summed E-state index contributed by atoms with van der Waals surface area (Å²) in [6.45, 7) is 3.90. The minimum atomic E-state index is -0.817. The smallest absolute Gasteiger partial charge is 0.290 e. The second kappa shape index (κ2) is 7.58. The molecule has 0 fully saturated rings. The van der Waals surface area contributed by atoms with E-state index in [2.05, 4.69) is 4.98 Å². The molecular formula is C19H19FN2O4S. The highest BCUT2D eigenvalue weighted by Gasteiger charge is 2.44. The maximum absolute atomic E-state index is 13.4. The Hall–Kier alpha value is -2.58. The molecule has 1 unspecified atom stereocenters. The first kappa shape index (κ1) is 19.2. The van der Waals surface area contributed by atoms with Crippen LogP contribution in [0.1, 0.15) is 32.0 Å². The summed E-state index contributed by atoms with van der Waals surface area (Å²) in [5.74, 6) is -2.11. The van der Waals surface area contributed by atoms with Gasteiger partial charge in [-0.2, -0.15) is 0 Å². The highest BCUT2D eigenvalue weighted by Crippen LogP contribution is 2.39. The predicted octanol–water partition coefficient (Wildman–Crippen LogP) is 3.12. The fourth-order valence-corrected chi connectivity index (χ4v) is 4.04. The fraction of sp³-hybridized carbons (Fsp3) is 0.316. The standard InChI is InChI=1S/C19H19FN2O4S/c1-10-18(27-11(2)21-10)16(23)14-15(12-4-6-13(20)7-5-12)22(8-9-26-3)19(25)17(14)24/h4-7,15,24H,8-9H2,1-3H3. The average Bonchev–Trinajstić information content (AvgIpc) is 3.10. The number of ether oxygens (including phenoxy) is 1. The first-order chi connectivity index (χ1) is 12.8. The van der Waals surface area contributed by atoms with Crippen molar-refractivity contribution in [2.24, 2.45) is 0 Å². The van der Waals surface area contributed by atoms with Gasteiger partial charge < -0.3 is 14.7 Å². The number of benzene rings is 1. The van der Waals surface area contributed by atoms with E-state index < -0.39 is 29.3 Å². The first-order valence-corrected chi connectivity index (χ1v) is 9.14. The molecular weight excluding hydrogens is 371 g/mol. The Balaban J connectivity index is 2.10. The highest BCUT2D eigenvalue weighted by atomic mass is 32.1. The number of aryl methyl sites for hydroxylation is 2. The van der Waals surface area contributed by atoms with Gasteiger partial charge in [0.15, 0.2) is 5.76 Å². The minimum Gasteiger partial charge on any atom is -0.503 e. The average molecular weight is 390 g/mol. The third-order valence-electron chi connectivity index (χ3n) is 4.38. The third kappa shape index (κ3) is 3.50. The van der Waals surface area contributed by atoms with Crippen molar-refractivity contribution in [1.29, 1.82) is 0 Å². The van der Waals surface area contributed by atoms with Crippen LogP contribution in [0.25, 0.3) is 0 Å². The van der Waals surface area contributed by atoms with E-state index in [-0.39, 0.29) is 18.7 Å². The number of halogens is 1. The molecule has 1 amide bonds. The normalized spacial score (nSPS) is 17.1. The Morgan fingerprint density at radius 3 is 2.56 bits per heavy atom. The van der Waals surface area contributed by atoms with E-state index in [0.717, 1.165) is 5.01 Å². The fourth-order valence-electron chi connectivity index (χ4n) is 3.16. The van der Waals surface area contributed by atoms with E-state index in [1.165, 1.54) is 47.6 Å². The molecule has 0 bridgehead atoms. The monoisotopic (exact) mass is 390 g/mol. The van der Waals surface area contributed by atoms with Gasteiger partial charge in [-0.15, -0.1) is 11.3 Å². The van der Waals surface area contributed by atoms with Gasteiger partial charge in [-0.1, -0.05) is 12.1 Å². The largest absolute Gasteiger partial charge is 0.503 e. The van der Waals surface area contributed by atoms with Crippen LogP contribution in [-0.4, -0.2) is 46.9 Å². The number of methoxy groups -OCH3 is 1. The SMILES string of the molecule is COCCN1C(=O)C(O)=C(C(=O)c2sc(C)nc2C)C1c1ccc(F)cc1. The molecule has 1 aliphatic rings. The summed E-state index contributed by atoms with van der Waals surface area (Å²) >= 11 is 1.21. The molecule has 0 aliphatic carbocycles. The summed E-state index contributed by atoms with van der Waals surface area (Å²) in [7, 11) is 1.50. The van der Waals surface area contributed by atoms with Gasteiger partial charge in [0, 0.05) is 13.7 Å². The molecule has 1 atom stereocenters. The van der Waals surface area contributed by atoms with Crippen LogP contribution >= 0.6 is 11.3 Å². The molecule has 1 aliphatic heterocycles. The molecule has 1 aromatic carbocycles. The number of amides is 1. The van der Waals surface area contributed by atoms with Gasteiger partial charge in [0.25, 0.3) is 5.91 Å². The predicted molar refractivity (Wildman–Crippen MR) is 98.3 cm³/mol. The number of rotatable bonds is 6. The van der Waals surface area contributed by atoms with E-state index >= 15 is 0 Å². The molecule has 27 heavy (non-hydrogen) atoms. The number of nitrogens with zero attached hydrogens (tertiary/aromatic N) is 2. The number of carbonyl (C=O) groups is 2. The number of aromatic nitrogens is 1. The molecule has 3 rings (SSSR count). The van der Waals surface area contributed by atoms with Crippen LogP contribution in [0.3, 0.4) is 0 Å². The Bertz CT molecular complexity index is 920. The highest BCUT2D eigenvalue weighted by molar-refractivity contribution is 7.14. The van der Waals surface area contributed by atoms with Gasteiger partial charge >= 0.3 is 0 Å². The second-order valence-corrected chi connectivity index (χ2v) is 7.39. The number of aliphatic hydroxyl groups excluding tert-OH is 1. The minimum absolute atomic E-state index is 0.0190. The van der Waals surface area contributed by atoms with Crippen LogP contribution in [0, 0.1) is 19.7 Å². The molecule has 0 spiro atoms. The molecule has 1 N–H and O–H groups in total. The lowest BCUT2D eigenvalue weighted by atomic mass is 9.95. The van der Waals surface area contributed by atoms with Crippen molar-refractivity contribution in [2.75, 3.05) is 20.3 Å². The summed E-state index contributed by atoms with van der Waals surface area (Å²) < 4.78 is 18.4. The van der Waals surface area contributed by atoms with Gasteiger partial charge in [0.2, 0.25) is 5.78 Å². The van der Waals surface area contributed by atoms with E-state index in [9.17, 15) is 19.1 Å². The number of hydrogen-bond donors (Lipinski definition) is 1.